The average Bonchev–Trinajstić information content (AvgIpc) is 2.83. The lowest BCUT2D eigenvalue weighted by molar-refractivity contribution is -0.149. The monoisotopic (exact) mass is 454 g/mol. The number of ether oxygens (including phenoxy) is 2. The van der Waals surface area contributed by atoms with Gasteiger partial charge in [0, 0.05) is 12.0 Å². The summed E-state index contributed by atoms with van der Waals surface area (Å²) in [4.78, 5) is 20.7. The fourth-order valence-corrected chi connectivity index (χ4v) is 3.70. The van der Waals surface area contributed by atoms with E-state index in [4.69, 9.17) is 9.47 Å². The van der Waals surface area contributed by atoms with Gasteiger partial charge in [-0.25, -0.2) is 9.97 Å². The number of aromatic nitrogens is 2. The zero-order chi connectivity index (χ0) is 23.7. The van der Waals surface area contributed by atoms with Crippen LogP contribution in [0.1, 0.15) is 97.0 Å². The van der Waals surface area contributed by atoms with E-state index in [1.54, 1.807) is 12.4 Å². The number of hydrogen-bond donors (Lipinski definition) is 0. The molecular formula is C28H42N2O3. The molecule has 0 amide bonds. The molecule has 1 aromatic heterocycles. The molecule has 1 heterocycles. The Kier molecular flexibility index (Phi) is 13.2. The molecule has 0 saturated heterocycles. The van der Waals surface area contributed by atoms with Crippen molar-refractivity contribution < 1.29 is 14.3 Å². The summed E-state index contributed by atoms with van der Waals surface area (Å²) < 4.78 is 11.1. The van der Waals surface area contributed by atoms with Crippen molar-refractivity contribution in [3.8, 4) is 17.1 Å². The second-order valence-electron chi connectivity index (χ2n) is 8.88. The van der Waals surface area contributed by atoms with Crippen molar-refractivity contribution >= 4 is 5.97 Å². The molecule has 0 fully saturated rings. The van der Waals surface area contributed by atoms with Gasteiger partial charge in [-0.2, -0.15) is 0 Å². The molecule has 1 unspecified atom stereocenters. The van der Waals surface area contributed by atoms with Crippen molar-refractivity contribution in [3.63, 3.8) is 0 Å². The van der Waals surface area contributed by atoms with E-state index in [1.807, 2.05) is 6.92 Å². The lowest BCUT2D eigenvalue weighted by Gasteiger charge is -2.14. The van der Waals surface area contributed by atoms with Crippen LogP contribution in [0.2, 0.25) is 0 Å². The van der Waals surface area contributed by atoms with Crippen LogP contribution in [-0.4, -0.2) is 28.6 Å². The summed E-state index contributed by atoms with van der Waals surface area (Å²) in [5.41, 5.74) is 2.36. The quantitative estimate of drug-likeness (QED) is 0.185. The van der Waals surface area contributed by atoms with E-state index in [-0.39, 0.29) is 18.7 Å². The fourth-order valence-electron chi connectivity index (χ4n) is 3.70. The van der Waals surface area contributed by atoms with E-state index in [2.05, 4.69) is 48.1 Å². The summed E-state index contributed by atoms with van der Waals surface area (Å²) in [6, 6.07) is 8.52. The molecule has 2 aromatic rings. The van der Waals surface area contributed by atoms with Gasteiger partial charge in [0.2, 0.25) is 0 Å². The van der Waals surface area contributed by atoms with Gasteiger partial charge in [0.25, 0.3) is 0 Å². The minimum atomic E-state index is -0.303. The number of nitrogens with zero attached hydrogens (tertiary/aromatic N) is 2. The molecule has 0 bridgehead atoms. The van der Waals surface area contributed by atoms with Gasteiger partial charge in [-0.15, -0.1) is 0 Å². The topological polar surface area (TPSA) is 61.3 Å². The third kappa shape index (κ3) is 11.3. The second-order valence-corrected chi connectivity index (χ2v) is 8.88. The number of hydrogen-bond acceptors (Lipinski definition) is 5. The van der Waals surface area contributed by atoms with Crippen LogP contribution < -0.4 is 4.74 Å². The van der Waals surface area contributed by atoms with Crippen molar-refractivity contribution in [1.29, 1.82) is 0 Å². The van der Waals surface area contributed by atoms with Gasteiger partial charge < -0.3 is 9.47 Å². The number of carbonyl (C=O) groups excluding carboxylic acids is 1. The first kappa shape index (κ1) is 26.8. The van der Waals surface area contributed by atoms with Gasteiger partial charge in [0.05, 0.1) is 12.4 Å². The number of carbonyl (C=O) groups is 1. The van der Waals surface area contributed by atoms with Crippen molar-refractivity contribution in [2.24, 2.45) is 0 Å². The van der Waals surface area contributed by atoms with Crippen molar-refractivity contribution in [1.82, 2.24) is 9.97 Å². The first-order chi connectivity index (χ1) is 16.1. The van der Waals surface area contributed by atoms with Crippen LogP contribution in [0.3, 0.4) is 0 Å². The minimum Gasteiger partial charge on any atom is -0.486 e. The van der Waals surface area contributed by atoms with Crippen LogP contribution in [0.5, 0.6) is 5.75 Å². The molecule has 0 N–H and O–H groups in total. The van der Waals surface area contributed by atoms with Crippen molar-refractivity contribution in [3.05, 3.63) is 42.2 Å². The van der Waals surface area contributed by atoms with Crippen LogP contribution in [0, 0.1) is 0 Å². The maximum atomic E-state index is 11.9. The summed E-state index contributed by atoms with van der Waals surface area (Å²) in [5.74, 6) is 1.10. The molecule has 182 valence electrons. The molecule has 1 aromatic carbocycles. The van der Waals surface area contributed by atoms with E-state index in [1.165, 1.54) is 44.1 Å². The molecule has 0 spiro atoms. The second kappa shape index (κ2) is 16.2. The highest BCUT2D eigenvalue weighted by Crippen LogP contribution is 2.19. The predicted octanol–water partition coefficient (Wildman–Crippen LogP) is 7.33. The molecule has 33 heavy (non-hydrogen) atoms. The highest BCUT2D eigenvalue weighted by atomic mass is 16.6. The Morgan fingerprint density at radius 2 is 1.45 bits per heavy atom. The van der Waals surface area contributed by atoms with Gasteiger partial charge in [-0.3, -0.25) is 4.79 Å². The zero-order valence-electron chi connectivity index (χ0n) is 20.9. The third-order valence-corrected chi connectivity index (χ3v) is 5.71. The summed E-state index contributed by atoms with van der Waals surface area (Å²) in [6.07, 6.45) is 16.8. The lowest BCUT2D eigenvalue weighted by atomic mass is 10.0. The molecular weight excluding hydrogens is 412 g/mol. The predicted molar refractivity (Wildman–Crippen MR) is 134 cm³/mol. The molecule has 0 aliphatic carbocycles. The lowest BCUT2D eigenvalue weighted by Crippen LogP contribution is -2.22. The zero-order valence-corrected chi connectivity index (χ0v) is 20.9. The highest BCUT2D eigenvalue weighted by Gasteiger charge is 2.11. The van der Waals surface area contributed by atoms with E-state index in [0.717, 1.165) is 37.7 Å². The molecule has 0 aliphatic heterocycles. The molecule has 5 heteroatoms. The largest absolute Gasteiger partial charge is 0.486 e. The maximum Gasteiger partial charge on any atom is 0.306 e. The highest BCUT2D eigenvalue weighted by molar-refractivity contribution is 5.69. The summed E-state index contributed by atoms with van der Waals surface area (Å²) in [7, 11) is 0. The summed E-state index contributed by atoms with van der Waals surface area (Å²) in [5, 5.41) is 0. The Morgan fingerprint density at radius 1 is 0.848 bits per heavy atom. The molecule has 5 nitrogen and oxygen atoms in total. The van der Waals surface area contributed by atoms with Crippen LogP contribution in [0.15, 0.2) is 36.7 Å². The number of esters is 1. The van der Waals surface area contributed by atoms with E-state index >= 15 is 0 Å². The maximum absolute atomic E-state index is 11.9. The molecule has 0 aliphatic rings. The van der Waals surface area contributed by atoms with Crippen LogP contribution >= 0.6 is 0 Å². The minimum absolute atomic E-state index is 0.159. The van der Waals surface area contributed by atoms with Gasteiger partial charge in [-0.05, 0) is 31.7 Å². The average molecular weight is 455 g/mol. The van der Waals surface area contributed by atoms with E-state index in [0.29, 0.717) is 18.0 Å². The molecule has 0 saturated carbocycles. The van der Waals surface area contributed by atoms with Crippen molar-refractivity contribution in [2.75, 3.05) is 6.61 Å². The van der Waals surface area contributed by atoms with Crippen LogP contribution in [0.4, 0.5) is 0 Å². The Labute approximate surface area is 200 Å². The van der Waals surface area contributed by atoms with Crippen molar-refractivity contribution in [2.45, 2.75) is 104 Å². The Morgan fingerprint density at radius 3 is 2.12 bits per heavy atom. The summed E-state index contributed by atoms with van der Waals surface area (Å²) in [6.45, 7) is 6.53. The number of benzene rings is 1. The Hall–Kier alpha value is -2.43. The van der Waals surface area contributed by atoms with Crippen LogP contribution in [0.25, 0.3) is 11.4 Å². The fraction of sp³-hybridized carbons (Fsp3) is 0.607. The number of rotatable bonds is 17. The number of unbranched alkanes of at least 4 members (excludes halogenated alkanes) is 8. The van der Waals surface area contributed by atoms with Gasteiger partial charge in [0.1, 0.15) is 12.7 Å². The van der Waals surface area contributed by atoms with Gasteiger partial charge in [0.15, 0.2) is 11.6 Å². The molecule has 1 atom stereocenters. The van der Waals surface area contributed by atoms with E-state index in [9.17, 15) is 4.79 Å². The third-order valence-electron chi connectivity index (χ3n) is 5.71. The summed E-state index contributed by atoms with van der Waals surface area (Å²) >= 11 is 0. The Balaban J connectivity index is 1.71. The Bertz CT molecular complexity index is 775. The normalized spacial score (nSPS) is 11.8. The first-order valence-corrected chi connectivity index (χ1v) is 12.9. The molecule has 0 radical (unpaired) electrons. The smallest absolute Gasteiger partial charge is 0.306 e. The van der Waals surface area contributed by atoms with Crippen LogP contribution in [-0.2, 0) is 16.0 Å². The SMILES string of the molecule is CCCCCCCCc1ccc(-c2ncc(OCC(C)OC(=O)CCCCCC)cn2)cc1. The number of aryl methyl sites for hydroxylation is 1. The standard InChI is InChI=1S/C28H42N2O3/c1-4-6-8-10-11-12-14-24-16-18-25(19-17-24)28-29-20-26(21-30-28)32-22-23(3)33-27(31)15-13-9-7-5-2/h16-21,23H,4-15,22H2,1-3H3. The first-order valence-electron chi connectivity index (χ1n) is 12.9. The van der Waals surface area contributed by atoms with E-state index < -0.39 is 0 Å². The van der Waals surface area contributed by atoms with Gasteiger partial charge in [-0.1, -0.05) is 89.5 Å². The molecule has 2 rings (SSSR count). The van der Waals surface area contributed by atoms with Gasteiger partial charge >= 0.3 is 5.97 Å².